The van der Waals surface area contributed by atoms with E-state index < -0.39 is 5.91 Å². The molecule has 0 spiro atoms. The normalized spacial score (nSPS) is 17.0. The minimum atomic E-state index is -0.571. The van der Waals surface area contributed by atoms with E-state index in [0.717, 1.165) is 19.4 Å². The number of nitrogens with zero attached hydrogens (tertiary/aromatic N) is 3. The Bertz CT molecular complexity index is 1050. The number of aromatic nitrogens is 2. The minimum absolute atomic E-state index is 0.0103. The summed E-state index contributed by atoms with van der Waals surface area (Å²) < 4.78 is 18.5. The third kappa shape index (κ3) is 4.55. The third-order valence-electron chi connectivity index (χ3n) is 4.95. The molecule has 156 valence electrons. The number of rotatable bonds is 6. The lowest BCUT2D eigenvalue weighted by atomic mass is 9.98. The Morgan fingerprint density at radius 1 is 1.30 bits per heavy atom. The number of thiophene rings is 1. The van der Waals surface area contributed by atoms with Crippen molar-refractivity contribution in [3.63, 3.8) is 0 Å². The van der Waals surface area contributed by atoms with Crippen molar-refractivity contribution >= 4 is 28.2 Å². The number of primary amides is 1. The molecule has 1 aromatic carbocycles. The highest BCUT2D eigenvalue weighted by atomic mass is 32.1. The van der Waals surface area contributed by atoms with Crippen LogP contribution in [0.15, 0.2) is 40.2 Å². The molecule has 4 rings (SSSR count). The van der Waals surface area contributed by atoms with Gasteiger partial charge in [0.2, 0.25) is 17.6 Å². The summed E-state index contributed by atoms with van der Waals surface area (Å²) in [6, 6.07) is 7.50. The van der Waals surface area contributed by atoms with Crippen LogP contribution in [0.1, 0.15) is 35.0 Å². The molecule has 8 nitrogen and oxygen atoms in total. The first-order chi connectivity index (χ1) is 14.5. The highest BCUT2D eigenvalue weighted by Gasteiger charge is 2.27. The molecule has 1 saturated heterocycles. The highest BCUT2D eigenvalue weighted by molar-refractivity contribution is 7.14. The molecule has 3 aromatic rings. The molecule has 1 atom stereocenters. The number of likely N-dealkylation sites (tertiary alicyclic amines) is 1. The van der Waals surface area contributed by atoms with Crippen molar-refractivity contribution in [3.05, 3.63) is 53.0 Å². The fourth-order valence-corrected chi connectivity index (χ4v) is 4.30. The van der Waals surface area contributed by atoms with Crippen molar-refractivity contribution in [1.82, 2.24) is 15.0 Å². The maximum absolute atomic E-state index is 13.1. The maximum Gasteiger partial charge on any atom is 0.251 e. The van der Waals surface area contributed by atoms with Crippen molar-refractivity contribution in [3.8, 4) is 11.4 Å². The number of piperidine rings is 1. The lowest BCUT2D eigenvalue weighted by Crippen LogP contribution is -2.40. The van der Waals surface area contributed by atoms with Crippen molar-refractivity contribution in [2.75, 3.05) is 25.0 Å². The van der Waals surface area contributed by atoms with Crippen LogP contribution in [0.3, 0.4) is 0 Å². The number of nitrogens with one attached hydrogen (secondary N) is 1. The number of nitrogens with two attached hydrogens (primary N) is 1. The Hall–Kier alpha value is -3.11. The van der Waals surface area contributed by atoms with E-state index in [1.165, 1.54) is 23.5 Å². The van der Waals surface area contributed by atoms with Gasteiger partial charge in [-0.15, -0.1) is 11.3 Å². The smallest absolute Gasteiger partial charge is 0.251 e. The number of halogens is 1. The van der Waals surface area contributed by atoms with Crippen LogP contribution in [0.2, 0.25) is 0 Å². The fraction of sp³-hybridized carbons (Fsp3) is 0.300. The molecule has 1 aliphatic rings. The van der Waals surface area contributed by atoms with E-state index in [-0.39, 0.29) is 24.2 Å². The summed E-state index contributed by atoms with van der Waals surface area (Å²) in [4.78, 5) is 30.3. The molecular formula is C20H20FN5O3S. The number of amides is 2. The Labute approximate surface area is 175 Å². The molecule has 3 heterocycles. The van der Waals surface area contributed by atoms with Crippen LogP contribution in [0.4, 0.5) is 9.39 Å². The van der Waals surface area contributed by atoms with Crippen molar-refractivity contribution < 1.29 is 18.5 Å². The van der Waals surface area contributed by atoms with Gasteiger partial charge in [0, 0.05) is 12.1 Å². The van der Waals surface area contributed by atoms with Gasteiger partial charge in [-0.1, -0.05) is 5.16 Å². The molecule has 0 saturated carbocycles. The largest absolute Gasteiger partial charge is 0.366 e. The van der Waals surface area contributed by atoms with Gasteiger partial charge in [0.1, 0.15) is 10.8 Å². The average Bonchev–Trinajstić information content (AvgIpc) is 3.38. The first-order valence-electron chi connectivity index (χ1n) is 9.48. The lowest BCUT2D eigenvalue weighted by Gasteiger charge is -2.30. The molecule has 10 heteroatoms. The molecule has 2 amide bonds. The van der Waals surface area contributed by atoms with Crippen LogP contribution in [-0.4, -0.2) is 46.5 Å². The second-order valence-electron chi connectivity index (χ2n) is 7.11. The lowest BCUT2D eigenvalue weighted by molar-refractivity contribution is -0.117. The SMILES string of the molecule is NC(=O)c1ccsc1NC(=O)CN1CCCC(c2nc(-c3ccc(F)cc3)no2)C1. The first-order valence-corrected chi connectivity index (χ1v) is 10.4. The molecule has 1 aliphatic heterocycles. The number of benzene rings is 1. The van der Waals surface area contributed by atoms with E-state index >= 15 is 0 Å². The summed E-state index contributed by atoms with van der Waals surface area (Å²) in [6.07, 6.45) is 1.76. The van der Waals surface area contributed by atoms with Crippen molar-refractivity contribution in [2.24, 2.45) is 5.73 Å². The highest BCUT2D eigenvalue weighted by Crippen LogP contribution is 2.28. The van der Waals surface area contributed by atoms with E-state index in [0.29, 0.717) is 34.4 Å². The minimum Gasteiger partial charge on any atom is -0.366 e. The topological polar surface area (TPSA) is 114 Å². The Morgan fingerprint density at radius 3 is 2.87 bits per heavy atom. The van der Waals surface area contributed by atoms with E-state index in [4.69, 9.17) is 10.3 Å². The van der Waals surface area contributed by atoms with Crippen LogP contribution >= 0.6 is 11.3 Å². The summed E-state index contributed by atoms with van der Waals surface area (Å²) in [6.45, 7) is 1.56. The zero-order valence-electron chi connectivity index (χ0n) is 16.0. The van der Waals surface area contributed by atoms with Crippen LogP contribution < -0.4 is 11.1 Å². The molecule has 2 aromatic heterocycles. The average molecular weight is 429 g/mol. The van der Waals surface area contributed by atoms with E-state index in [1.807, 2.05) is 4.90 Å². The number of anilines is 1. The van der Waals surface area contributed by atoms with Gasteiger partial charge in [-0.3, -0.25) is 14.5 Å². The van der Waals surface area contributed by atoms with Crippen molar-refractivity contribution in [2.45, 2.75) is 18.8 Å². The zero-order chi connectivity index (χ0) is 21.1. The molecule has 3 N–H and O–H groups in total. The van der Waals surface area contributed by atoms with Crippen LogP contribution in [0.25, 0.3) is 11.4 Å². The molecule has 0 radical (unpaired) electrons. The van der Waals surface area contributed by atoms with Gasteiger partial charge in [-0.25, -0.2) is 4.39 Å². The predicted molar refractivity (Wildman–Crippen MR) is 110 cm³/mol. The molecule has 1 unspecified atom stereocenters. The van der Waals surface area contributed by atoms with Crippen LogP contribution in [-0.2, 0) is 4.79 Å². The summed E-state index contributed by atoms with van der Waals surface area (Å²) >= 11 is 1.26. The second kappa shape index (κ2) is 8.72. The molecule has 1 fully saturated rings. The second-order valence-corrected chi connectivity index (χ2v) is 8.03. The van der Waals surface area contributed by atoms with Crippen LogP contribution in [0, 0.1) is 5.82 Å². The number of carbonyl (C=O) groups excluding carboxylic acids is 2. The molecule has 0 aliphatic carbocycles. The predicted octanol–water partition coefficient (Wildman–Crippen LogP) is 2.85. The van der Waals surface area contributed by atoms with Gasteiger partial charge < -0.3 is 15.6 Å². The van der Waals surface area contributed by atoms with Gasteiger partial charge in [-0.2, -0.15) is 4.98 Å². The number of hydrogen-bond acceptors (Lipinski definition) is 7. The standard InChI is InChI=1S/C20H20FN5O3S/c21-14-5-3-12(4-6-14)18-24-19(29-25-18)13-2-1-8-26(10-13)11-16(27)23-20-15(17(22)28)7-9-30-20/h3-7,9,13H,1-2,8,10-11H2,(H2,22,28)(H,23,27). The molecular weight excluding hydrogens is 409 g/mol. The maximum atomic E-state index is 13.1. The van der Waals surface area contributed by atoms with Crippen molar-refractivity contribution in [1.29, 1.82) is 0 Å². The van der Waals surface area contributed by atoms with Gasteiger partial charge in [-0.05, 0) is 55.1 Å². The van der Waals surface area contributed by atoms with Gasteiger partial charge >= 0.3 is 0 Å². The zero-order valence-corrected chi connectivity index (χ0v) is 16.8. The fourth-order valence-electron chi connectivity index (χ4n) is 3.49. The molecule has 30 heavy (non-hydrogen) atoms. The quantitative estimate of drug-likeness (QED) is 0.623. The van der Waals surface area contributed by atoms with E-state index in [2.05, 4.69) is 15.5 Å². The number of carbonyl (C=O) groups is 2. The summed E-state index contributed by atoms with van der Waals surface area (Å²) in [5.41, 5.74) is 6.31. The summed E-state index contributed by atoms with van der Waals surface area (Å²) in [5, 5.41) is 8.93. The van der Waals surface area contributed by atoms with Crippen LogP contribution in [0.5, 0.6) is 0 Å². The monoisotopic (exact) mass is 429 g/mol. The number of hydrogen-bond donors (Lipinski definition) is 2. The van der Waals surface area contributed by atoms with E-state index in [1.54, 1.807) is 23.6 Å². The third-order valence-corrected chi connectivity index (χ3v) is 5.78. The van der Waals surface area contributed by atoms with Gasteiger partial charge in [0.05, 0.1) is 18.0 Å². The first kappa shape index (κ1) is 20.2. The molecule has 0 bridgehead atoms. The summed E-state index contributed by atoms with van der Waals surface area (Å²) in [5.74, 6) is -0.174. The Morgan fingerprint density at radius 2 is 2.10 bits per heavy atom. The summed E-state index contributed by atoms with van der Waals surface area (Å²) in [7, 11) is 0. The van der Waals surface area contributed by atoms with E-state index in [9.17, 15) is 14.0 Å². The Kier molecular flexibility index (Phi) is 5.86. The Balaban J connectivity index is 1.37. The van der Waals surface area contributed by atoms with Gasteiger partial charge in [0.15, 0.2) is 0 Å². The van der Waals surface area contributed by atoms with Gasteiger partial charge in [0.25, 0.3) is 5.91 Å².